The van der Waals surface area contributed by atoms with E-state index >= 15 is 0 Å². The molecule has 0 unspecified atom stereocenters. The zero-order valence-electron chi connectivity index (χ0n) is 30.7. The molecule has 3 aromatic heterocycles. The number of aryl methyl sites for hydroxylation is 2. The van der Waals surface area contributed by atoms with Crippen LogP contribution in [0.2, 0.25) is 19.6 Å². The van der Waals surface area contributed by atoms with Crippen molar-refractivity contribution in [1.82, 2.24) is 9.97 Å². The number of aromatic nitrogens is 2. The van der Waals surface area contributed by atoms with Crippen LogP contribution in [0.4, 0.5) is 4.39 Å². The molecule has 0 amide bonds. The first-order valence-electron chi connectivity index (χ1n) is 17.3. The van der Waals surface area contributed by atoms with Gasteiger partial charge in [-0.2, -0.15) is 0 Å². The summed E-state index contributed by atoms with van der Waals surface area (Å²) in [6.07, 6.45) is 5.77. The first kappa shape index (κ1) is 38.0. The van der Waals surface area contributed by atoms with E-state index in [0.29, 0.717) is 16.8 Å². The van der Waals surface area contributed by atoms with Gasteiger partial charge >= 0.3 is 0 Å². The summed E-state index contributed by atoms with van der Waals surface area (Å²) >= 11 is 0. The fourth-order valence-electron chi connectivity index (χ4n) is 6.39. The van der Waals surface area contributed by atoms with Crippen molar-refractivity contribution < 1.29 is 28.9 Å². The third kappa shape index (κ3) is 8.81. The second-order valence-electron chi connectivity index (χ2n) is 15.4. The largest absolute Gasteiger partial charge is 0.501 e. The molecular formula is C45H45FIrN2OSi-2. The molecule has 0 aliphatic carbocycles. The fourth-order valence-corrected chi connectivity index (χ4v) is 7.96. The molecule has 3 heterocycles. The first-order valence-corrected chi connectivity index (χ1v) is 20.8. The normalized spacial score (nSPS) is 11.6. The Morgan fingerprint density at radius 1 is 0.725 bits per heavy atom. The Morgan fingerprint density at radius 3 is 2.08 bits per heavy atom. The second kappa shape index (κ2) is 15.6. The van der Waals surface area contributed by atoms with E-state index in [1.54, 1.807) is 19.1 Å². The molecule has 263 valence electrons. The van der Waals surface area contributed by atoms with E-state index < -0.39 is 8.07 Å². The zero-order valence-corrected chi connectivity index (χ0v) is 34.1. The van der Waals surface area contributed by atoms with Crippen molar-refractivity contribution in [2.45, 2.75) is 67.1 Å². The van der Waals surface area contributed by atoms with Crippen LogP contribution in [0.5, 0.6) is 0 Å². The molecule has 1 radical (unpaired) electrons. The number of para-hydroxylation sites is 1. The van der Waals surface area contributed by atoms with Gasteiger partial charge in [0.2, 0.25) is 0 Å². The van der Waals surface area contributed by atoms with Gasteiger partial charge in [0, 0.05) is 43.7 Å². The molecule has 0 bridgehead atoms. The Balaban J connectivity index is 0.000000197. The monoisotopic (exact) mass is 869 g/mol. The van der Waals surface area contributed by atoms with Crippen LogP contribution in [0.3, 0.4) is 0 Å². The Bertz CT molecular complexity index is 2280. The maximum atomic E-state index is 14.4. The van der Waals surface area contributed by atoms with Crippen LogP contribution in [0.25, 0.3) is 44.5 Å². The van der Waals surface area contributed by atoms with Gasteiger partial charge in [0.05, 0.1) is 13.7 Å². The van der Waals surface area contributed by atoms with Crippen molar-refractivity contribution >= 4 is 35.2 Å². The molecule has 6 heteroatoms. The zero-order chi connectivity index (χ0) is 35.6. The minimum atomic E-state index is -1.49. The molecule has 0 aliphatic heterocycles. The van der Waals surface area contributed by atoms with Gasteiger partial charge in [0.25, 0.3) is 0 Å². The second-order valence-corrected chi connectivity index (χ2v) is 20.5. The van der Waals surface area contributed by atoms with E-state index in [9.17, 15) is 4.39 Å². The summed E-state index contributed by atoms with van der Waals surface area (Å²) in [5.41, 5.74) is 10.6. The van der Waals surface area contributed by atoms with Crippen LogP contribution in [0, 0.1) is 37.2 Å². The van der Waals surface area contributed by atoms with Crippen molar-refractivity contribution in [2.75, 3.05) is 0 Å². The standard InChI is InChI=1S/C25H18NO.C20H27FNSi.Ir/c1-17-16-26-23(15-19(17)14-18-8-3-2-4-9-18)22-12-7-11-21-20-10-5-6-13-24(20)27-25(21)22;1-14-9-8-10-16(19(14)21)17-11-15(12-20(2,3)4)18(13-22-17)23(5,6)7;/h2-11,13,15-16H,14H2,1H3;8-9,11,13H,12H2,1-7H3;/q2*-1;. The van der Waals surface area contributed by atoms with Gasteiger partial charge in [-0.1, -0.05) is 136 Å². The van der Waals surface area contributed by atoms with Gasteiger partial charge in [-0.05, 0) is 64.5 Å². The number of pyridine rings is 2. The minimum absolute atomic E-state index is 0. The topological polar surface area (TPSA) is 38.9 Å². The first-order chi connectivity index (χ1) is 23.8. The predicted molar refractivity (Wildman–Crippen MR) is 209 cm³/mol. The van der Waals surface area contributed by atoms with Crippen LogP contribution in [0.15, 0.2) is 108 Å². The average Bonchev–Trinajstić information content (AvgIpc) is 3.46. The maximum Gasteiger partial charge on any atom is 0.120 e. The molecule has 7 rings (SSSR count). The molecule has 7 aromatic rings. The SMILES string of the molecule is Cc1cc[c-]c(-c2cc(CC(C)(C)C)c([Si](C)(C)C)cn2)c1F.Cc1cnc(-c2[c-]ccc3c2oc2ccccc23)cc1Cc1ccccc1.[Ir]. The van der Waals surface area contributed by atoms with E-state index in [2.05, 4.69) is 118 Å². The number of hydrogen-bond acceptors (Lipinski definition) is 3. The van der Waals surface area contributed by atoms with Gasteiger partial charge in [-0.15, -0.1) is 36.4 Å². The Hall–Kier alpha value is -4.22. The summed E-state index contributed by atoms with van der Waals surface area (Å²) in [4.78, 5) is 9.25. The van der Waals surface area contributed by atoms with Gasteiger partial charge in [0.15, 0.2) is 0 Å². The number of benzene rings is 4. The smallest absolute Gasteiger partial charge is 0.120 e. The summed E-state index contributed by atoms with van der Waals surface area (Å²) < 4.78 is 20.6. The third-order valence-electron chi connectivity index (χ3n) is 8.95. The number of rotatable bonds is 6. The number of furan rings is 1. The molecule has 0 spiro atoms. The van der Waals surface area contributed by atoms with Crippen LogP contribution in [0.1, 0.15) is 48.6 Å². The molecule has 51 heavy (non-hydrogen) atoms. The number of fused-ring (bicyclic) bond motifs is 3. The van der Waals surface area contributed by atoms with Crippen LogP contribution >= 0.6 is 0 Å². The summed E-state index contributed by atoms with van der Waals surface area (Å²) in [7, 11) is -1.49. The van der Waals surface area contributed by atoms with E-state index in [1.807, 2.05) is 42.7 Å². The molecule has 0 saturated heterocycles. The van der Waals surface area contributed by atoms with Gasteiger partial charge in [-0.25, -0.2) is 0 Å². The minimum Gasteiger partial charge on any atom is -0.501 e. The maximum absolute atomic E-state index is 14.4. The molecule has 3 nitrogen and oxygen atoms in total. The van der Waals surface area contributed by atoms with E-state index in [-0.39, 0.29) is 31.3 Å². The van der Waals surface area contributed by atoms with Gasteiger partial charge in [0.1, 0.15) is 5.58 Å². The van der Waals surface area contributed by atoms with Crippen molar-refractivity contribution in [3.8, 4) is 22.5 Å². The predicted octanol–water partition coefficient (Wildman–Crippen LogP) is 11.5. The molecule has 0 atom stereocenters. The van der Waals surface area contributed by atoms with Crippen molar-refractivity contribution in [3.05, 3.63) is 149 Å². The Labute approximate surface area is 316 Å². The van der Waals surface area contributed by atoms with Gasteiger partial charge in [-0.3, -0.25) is 4.39 Å². The van der Waals surface area contributed by atoms with Crippen molar-refractivity contribution in [1.29, 1.82) is 0 Å². The van der Waals surface area contributed by atoms with E-state index in [4.69, 9.17) is 4.42 Å². The van der Waals surface area contributed by atoms with Crippen LogP contribution < -0.4 is 5.19 Å². The number of hydrogen-bond donors (Lipinski definition) is 0. The van der Waals surface area contributed by atoms with Crippen LogP contribution in [-0.4, -0.2) is 18.0 Å². The summed E-state index contributed by atoms with van der Waals surface area (Å²) in [5.74, 6) is -0.220. The van der Waals surface area contributed by atoms with Crippen LogP contribution in [-0.2, 0) is 32.9 Å². The summed E-state index contributed by atoms with van der Waals surface area (Å²) in [6.45, 7) is 17.6. The quantitative estimate of drug-likeness (QED) is 0.123. The Kier molecular flexibility index (Phi) is 11.6. The average molecular weight is 869 g/mol. The molecule has 0 fully saturated rings. The van der Waals surface area contributed by atoms with E-state index in [1.165, 1.54) is 27.4 Å². The molecule has 0 N–H and O–H groups in total. The molecule has 0 aliphatic rings. The third-order valence-corrected chi connectivity index (χ3v) is 11.0. The summed E-state index contributed by atoms with van der Waals surface area (Å²) in [6, 6.07) is 36.8. The molecule has 0 saturated carbocycles. The number of nitrogens with zero attached hydrogens (tertiary/aromatic N) is 2. The summed E-state index contributed by atoms with van der Waals surface area (Å²) in [5, 5.41) is 3.59. The fraction of sp³-hybridized carbons (Fsp3) is 0.244. The van der Waals surface area contributed by atoms with Crippen molar-refractivity contribution in [3.63, 3.8) is 0 Å². The molecular weight excluding hydrogens is 824 g/mol. The number of halogens is 1. The van der Waals surface area contributed by atoms with Gasteiger partial charge < -0.3 is 14.4 Å². The van der Waals surface area contributed by atoms with E-state index in [0.717, 1.165) is 46.0 Å². The molecule has 4 aromatic carbocycles. The van der Waals surface area contributed by atoms with Crippen molar-refractivity contribution in [2.24, 2.45) is 5.41 Å². The Morgan fingerprint density at radius 2 is 1.35 bits per heavy atom.